The molecule has 1 aliphatic rings. The third-order valence-corrected chi connectivity index (χ3v) is 6.37. The molecule has 7 heteroatoms. The second-order valence-electron chi connectivity index (χ2n) is 7.18. The number of hydrogen-bond acceptors (Lipinski definition) is 5. The molecule has 2 aromatic carbocycles. The molecule has 1 aromatic heterocycles. The number of benzene rings is 2. The molecule has 0 atom stereocenters. The average molecular weight is 395 g/mol. The number of piperidine rings is 1. The summed E-state index contributed by atoms with van der Waals surface area (Å²) in [5, 5.41) is 3.66. The lowest BCUT2D eigenvalue weighted by atomic mass is 9.73. The van der Waals surface area contributed by atoms with Gasteiger partial charge < -0.3 is 16.0 Å². The van der Waals surface area contributed by atoms with Gasteiger partial charge >= 0.3 is 11.8 Å². The van der Waals surface area contributed by atoms with Crippen molar-refractivity contribution in [3.05, 3.63) is 60.3 Å². The van der Waals surface area contributed by atoms with Crippen LogP contribution in [-0.2, 0) is 15.0 Å². The van der Waals surface area contributed by atoms with Crippen LogP contribution in [0, 0.1) is 0 Å². The molecule has 28 heavy (non-hydrogen) atoms. The number of nitrogens with one attached hydrogen (secondary N) is 1. The van der Waals surface area contributed by atoms with Gasteiger partial charge in [0.1, 0.15) is 0 Å². The van der Waals surface area contributed by atoms with Gasteiger partial charge in [0.2, 0.25) is 0 Å². The molecule has 2 amide bonds. The highest BCUT2D eigenvalue weighted by Gasteiger charge is 2.37. The lowest BCUT2D eigenvalue weighted by Gasteiger charge is -2.41. The Morgan fingerprint density at radius 2 is 1.89 bits per heavy atom. The van der Waals surface area contributed by atoms with Crippen LogP contribution < -0.4 is 11.1 Å². The van der Waals surface area contributed by atoms with E-state index in [2.05, 4.69) is 21.8 Å². The summed E-state index contributed by atoms with van der Waals surface area (Å²) in [4.78, 5) is 26.7. The molecular formula is C21H22N4O2S. The van der Waals surface area contributed by atoms with E-state index in [1.54, 1.807) is 17.2 Å². The first-order valence-electron chi connectivity index (χ1n) is 9.32. The van der Waals surface area contributed by atoms with Crippen molar-refractivity contribution in [1.29, 1.82) is 0 Å². The van der Waals surface area contributed by atoms with Gasteiger partial charge in [-0.15, -0.1) is 0 Å². The molecule has 0 saturated carbocycles. The molecule has 1 fully saturated rings. The number of nitrogens with zero attached hydrogens (tertiary/aromatic N) is 2. The van der Waals surface area contributed by atoms with Gasteiger partial charge in [-0.2, -0.15) is 4.37 Å². The number of carbonyl (C=O) groups excluding carboxylic acids is 2. The van der Waals surface area contributed by atoms with E-state index < -0.39 is 11.8 Å². The summed E-state index contributed by atoms with van der Waals surface area (Å²) >= 11 is 1.40. The van der Waals surface area contributed by atoms with Crippen LogP contribution in [-0.4, -0.2) is 40.7 Å². The van der Waals surface area contributed by atoms with Crippen LogP contribution in [0.5, 0.6) is 0 Å². The lowest BCUT2D eigenvalue weighted by Crippen LogP contribution is -2.50. The molecule has 0 unspecified atom stereocenters. The molecule has 4 rings (SSSR count). The van der Waals surface area contributed by atoms with Crippen LogP contribution >= 0.6 is 11.5 Å². The number of rotatable bonds is 3. The van der Waals surface area contributed by atoms with Crippen LogP contribution in [0.2, 0.25) is 0 Å². The fraction of sp³-hybridized carbons (Fsp3) is 0.286. The molecule has 2 heterocycles. The van der Waals surface area contributed by atoms with Gasteiger partial charge in [0.15, 0.2) is 0 Å². The van der Waals surface area contributed by atoms with Crippen molar-refractivity contribution in [2.75, 3.05) is 25.0 Å². The largest absolute Gasteiger partial charge is 0.334 e. The molecule has 0 spiro atoms. The Bertz CT molecular complexity index is 994. The fourth-order valence-corrected chi connectivity index (χ4v) is 4.44. The van der Waals surface area contributed by atoms with E-state index in [0.717, 1.165) is 22.9 Å². The summed E-state index contributed by atoms with van der Waals surface area (Å²) in [6.07, 6.45) is 3.25. The van der Waals surface area contributed by atoms with Gasteiger partial charge in [-0.25, -0.2) is 0 Å². The third-order valence-electron chi connectivity index (χ3n) is 5.59. The van der Waals surface area contributed by atoms with E-state index in [1.807, 2.05) is 30.3 Å². The average Bonchev–Trinajstić information content (AvgIpc) is 3.22. The quantitative estimate of drug-likeness (QED) is 0.669. The fourth-order valence-electron chi connectivity index (χ4n) is 3.82. The highest BCUT2D eigenvalue weighted by atomic mass is 32.1. The number of likely N-dealkylation sites (tertiary alicyclic amines) is 1. The van der Waals surface area contributed by atoms with Gasteiger partial charge in [-0.05, 0) is 48.1 Å². The molecule has 0 aliphatic carbocycles. The Kier molecular flexibility index (Phi) is 5.11. The van der Waals surface area contributed by atoms with Crippen molar-refractivity contribution < 1.29 is 9.59 Å². The first-order chi connectivity index (χ1) is 13.6. The summed E-state index contributed by atoms with van der Waals surface area (Å²) in [5.74, 6) is -1.11. The Labute approximate surface area is 167 Å². The second kappa shape index (κ2) is 7.69. The molecule has 0 bridgehead atoms. The summed E-state index contributed by atoms with van der Waals surface area (Å²) in [5.41, 5.74) is 7.77. The minimum atomic E-state index is -0.609. The first kappa shape index (κ1) is 18.6. The van der Waals surface area contributed by atoms with Crippen molar-refractivity contribution in [1.82, 2.24) is 9.27 Å². The standard InChI is InChI=1S/C21H22N4O2S/c22-14-21(16-4-2-1-3-5-16)8-10-25(11-9-21)20(27)19(26)24-17-6-7-18-15(12-17)13-23-28-18/h1-7,12-13H,8-11,14,22H2,(H,24,26). The Hall–Kier alpha value is -2.77. The van der Waals surface area contributed by atoms with E-state index in [4.69, 9.17) is 5.73 Å². The molecule has 1 aliphatic heterocycles. The van der Waals surface area contributed by atoms with Crippen LogP contribution in [0.4, 0.5) is 5.69 Å². The SMILES string of the molecule is NCC1(c2ccccc2)CCN(C(=O)C(=O)Nc2ccc3sncc3c2)CC1. The molecule has 0 radical (unpaired) electrons. The summed E-state index contributed by atoms with van der Waals surface area (Å²) < 4.78 is 5.16. The smallest absolute Gasteiger partial charge is 0.313 e. The minimum Gasteiger partial charge on any atom is -0.334 e. The predicted octanol–water partition coefficient (Wildman–Crippen LogP) is 2.75. The summed E-state index contributed by atoms with van der Waals surface area (Å²) in [7, 11) is 0. The van der Waals surface area contributed by atoms with E-state index >= 15 is 0 Å². The molecule has 144 valence electrons. The van der Waals surface area contributed by atoms with Gasteiger partial charge in [0.25, 0.3) is 0 Å². The van der Waals surface area contributed by atoms with E-state index in [0.29, 0.717) is 25.3 Å². The van der Waals surface area contributed by atoms with Gasteiger partial charge in [0.05, 0.1) is 4.70 Å². The minimum absolute atomic E-state index is 0.133. The zero-order valence-corrected chi connectivity index (χ0v) is 16.2. The van der Waals surface area contributed by atoms with Crippen molar-refractivity contribution in [2.45, 2.75) is 18.3 Å². The second-order valence-corrected chi connectivity index (χ2v) is 8.01. The van der Waals surface area contributed by atoms with Crippen LogP contribution in [0.1, 0.15) is 18.4 Å². The van der Waals surface area contributed by atoms with Gasteiger partial charge in [-0.1, -0.05) is 30.3 Å². The molecule has 3 aromatic rings. The van der Waals surface area contributed by atoms with Crippen LogP contribution in [0.3, 0.4) is 0 Å². The summed E-state index contributed by atoms with van der Waals surface area (Å²) in [6.45, 7) is 1.57. The van der Waals surface area contributed by atoms with Crippen molar-refractivity contribution >= 4 is 39.1 Å². The van der Waals surface area contributed by atoms with Gasteiger partial charge in [0, 0.05) is 42.3 Å². The molecule has 1 saturated heterocycles. The monoisotopic (exact) mass is 394 g/mol. The summed E-state index contributed by atoms with van der Waals surface area (Å²) in [6, 6.07) is 15.7. The maximum absolute atomic E-state index is 12.6. The molecule has 6 nitrogen and oxygen atoms in total. The predicted molar refractivity (Wildman–Crippen MR) is 111 cm³/mol. The number of fused-ring (bicyclic) bond motifs is 1. The molecule has 3 N–H and O–H groups in total. The normalized spacial score (nSPS) is 16.1. The number of anilines is 1. The van der Waals surface area contributed by atoms with E-state index in [9.17, 15) is 9.59 Å². The Balaban J connectivity index is 1.41. The number of amides is 2. The van der Waals surface area contributed by atoms with Crippen molar-refractivity contribution in [3.63, 3.8) is 0 Å². The third kappa shape index (κ3) is 3.50. The highest BCUT2D eigenvalue weighted by molar-refractivity contribution is 7.13. The maximum atomic E-state index is 12.6. The van der Waals surface area contributed by atoms with Crippen molar-refractivity contribution in [3.8, 4) is 0 Å². The number of carbonyl (C=O) groups is 2. The lowest BCUT2D eigenvalue weighted by molar-refractivity contribution is -0.144. The number of aromatic nitrogens is 1. The van der Waals surface area contributed by atoms with E-state index in [-0.39, 0.29) is 5.41 Å². The van der Waals surface area contributed by atoms with Crippen LogP contribution in [0.25, 0.3) is 10.1 Å². The highest BCUT2D eigenvalue weighted by Crippen LogP contribution is 2.34. The Morgan fingerprint density at radius 3 is 2.61 bits per heavy atom. The zero-order valence-electron chi connectivity index (χ0n) is 15.4. The van der Waals surface area contributed by atoms with Crippen LogP contribution in [0.15, 0.2) is 54.7 Å². The van der Waals surface area contributed by atoms with Gasteiger partial charge in [-0.3, -0.25) is 9.59 Å². The maximum Gasteiger partial charge on any atom is 0.313 e. The first-order valence-corrected chi connectivity index (χ1v) is 10.1. The van der Waals surface area contributed by atoms with Crippen molar-refractivity contribution in [2.24, 2.45) is 5.73 Å². The topological polar surface area (TPSA) is 88.3 Å². The molecular weight excluding hydrogens is 372 g/mol. The number of nitrogens with two attached hydrogens (primary N) is 1. The zero-order chi connectivity index (χ0) is 19.6. The number of hydrogen-bond donors (Lipinski definition) is 2. The Morgan fingerprint density at radius 1 is 1.14 bits per heavy atom. The van der Waals surface area contributed by atoms with E-state index in [1.165, 1.54) is 17.1 Å².